The SMILES string of the molecule is N#Cc1cccc(NC(=O)Cc2c[nH]c3cc(F)ccc23)c1. The van der Waals surface area contributed by atoms with Gasteiger partial charge in [-0.15, -0.1) is 0 Å². The Hall–Kier alpha value is -3.13. The first-order chi connectivity index (χ1) is 10.7. The van der Waals surface area contributed by atoms with Gasteiger partial charge in [0.25, 0.3) is 0 Å². The van der Waals surface area contributed by atoms with E-state index in [1.807, 2.05) is 6.07 Å². The summed E-state index contributed by atoms with van der Waals surface area (Å²) in [4.78, 5) is 15.1. The van der Waals surface area contributed by atoms with Crippen molar-refractivity contribution in [3.63, 3.8) is 0 Å². The summed E-state index contributed by atoms with van der Waals surface area (Å²) in [6, 6.07) is 13.2. The minimum absolute atomic E-state index is 0.169. The highest BCUT2D eigenvalue weighted by atomic mass is 19.1. The van der Waals surface area contributed by atoms with E-state index in [1.165, 1.54) is 12.1 Å². The zero-order valence-electron chi connectivity index (χ0n) is 11.6. The number of amides is 1. The van der Waals surface area contributed by atoms with Gasteiger partial charge in [0.1, 0.15) is 5.82 Å². The molecule has 3 aromatic rings. The molecule has 0 aliphatic carbocycles. The Labute approximate surface area is 126 Å². The van der Waals surface area contributed by atoms with Crippen molar-refractivity contribution in [1.82, 2.24) is 4.98 Å². The van der Waals surface area contributed by atoms with Gasteiger partial charge < -0.3 is 10.3 Å². The number of carbonyl (C=O) groups excluding carboxylic acids is 1. The maximum Gasteiger partial charge on any atom is 0.228 e. The second kappa shape index (κ2) is 5.70. The summed E-state index contributed by atoms with van der Waals surface area (Å²) in [7, 11) is 0. The van der Waals surface area contributed by atoms with Crippen molar-refractivity contribution in [1.29, 1.82) is 5.26 Å². The normalized spacial score (nSPS) is 10.4. The highest BCUT2D eigenvalue weighted by Gasteiger charge is 2.10. The van der Waals surface area contributed by atoms with Crippen molar-refractivity contribution in [2.45, 2.75) is 6.42 Å². The number of carbonyl (C=O) groups is 1. The van der Waals surface area contributed by atoms with Gasteiger partial charge in [0.2, 0.25) is 5.91 Å². The molecule has 0 saturated heterocycles. The summed E-state index contributed by atoms with van der Waals surface area (Å²) >= 11 is 0. The molecule has 0 spiro atoms. The number of anilines is 1. The van der Waals surface area contributed by atoms with Crippen molar-refractivity contribution in [3.8, 4) is 6.07 Å². The van der Waals surface area contributed by atoms with E-state index < -0.39 is 0 Å². The van der Waals surface area contributed by atoms with Crippen LogP contribution < -0.4 is 5.32 Å². The lowest BCUT2D eigenvalue weighted by Crippen LogP contribution is -2.14. The molecule has 3 rings (SSSR count). The summed E-state index contributed by atoms with van der Waals surface area (Å²) < 4.78 is 13.1. The molecule has 0 aliphatic heterocycles. The monoisotopic (exact) mass is 293 g/mol. The van der Waals surface area contributed by atoms with E-state index in [1.54, 1.807) is 36.5 Å². The first kappa shape index (κ1) is 13.8. The molecule has 4 nitrogen and oxygen atoms in total. The Balaban J connectivity index is 1.77. The van der Waals surface area contributed by atoms with Crippen LogP contribution in [0.25, 0.3) is 10.9 Å². The number of nitrogens with one attached hydrogen (secondary N) is 2. The molecular weight excluding hydrogens is 281 g/mol. The van der Waals surface area contributed by atoms with Crippen LogP contribution in [0.4, 0.5) is 10.1 Å². The number of aromatic nitrogens is 1. The molecule has 0 bridgehead atoms. The molecule has 0 saturated carbocycles. The molecule has 0 fully saturated rings. The minimum Gasteiger partial charge on any atom is -0.361 e. The second-order valence-electron chi connectivity index (χ2n) is 4.92. The van der Waals surface area contributed by atoms with Crippen LogP contribution >= 0.6 is 0 Å². The third kappa shape index (κ3) is 2.81. The molecule has 1 amide bonds. The molecule has 2 N–H and O–H groups in total. The molecule has 108 valence electrons. The molecule has 0 unspecified atom stereocenters. The van der Waals surface area contributed by atoms with Crippen LogP contribution in [-0.2, 0) is 11.2 Å². The van der Waals surface area contributed by atoms with Crippen molar-refractivity contribution in [2.24, 2.45) is 0 Å². The molecule has 0 atom stereocenters. The predicted octanol–water partition coefficient (Wildman–Crippen LogP) is 3.36. The Morgan fingerprint density at radius 1 is 1.27 bits per heavy atom. The zero-order chi connectivity index (χ0) is 15.5. The lowest BCUT2D eigenvalue weighted by molar-refractivity contribution is -0.115. The highest BCUT2D eigenvalue weighted by molar-refractivity contribution is 5.95. The Morgan fingerprint density at radius 2 is 2.14 bits per heavy atom. The Kier molecular flexibility index (Phi) is 3.58. The molecule has 1 heterocycles. The van der Waals surface area contributed by atoms with Crippen molar-refractivity contribution in [3.05, 3.63) is 65.6 Å². The quantitative estimate of drug-likeness (QED) is 0.777. The minimum atomic E-state index is -0.321. The van der Waals surface area contributed by atoms with Gasteiger partial charge in [-0.25, -0.2) is 4.39 Å². The molecule has 1 aromatic heterocycles. The van der Waals surface area contributed by atoms with Crippen LogP contribution in [0, 0.1) is 17.1 Å². The summed E-state index contributed by atoms with van der Waals surface area (Å²) in [5, 5.41) is 12.4. The molecule has 0 radical (unpaired) electrons. The molecule has 2 aromatic carbocycles. The summed E-state index contributed by atoms with van der Waals surface area (Å²) in [6.45, 7) is 0. The van der Waals surface area contributed by atoms with E-state index in [4.69, 9.17) is 5.26 Å². The standard InChI is InChI=1S/C17H12FN3O/c18-13-4-5-15-12(10-20-16(15)8-13)7-17(22)21-14-3-1-2-11(6-14)9-19/h1-6,8,10,20H,7H2,(H,21,22). The van der Waals surface area contributed by atoms with Crippen molar-refractivity contribution >= 4 is 22.5 Å². The molecule has 22 heavy (non-hydrogen) atoms. The first-order valence-corrected chi connectivity index (χ1v) is 6.71. The summed E-state index contributed by atoms with van der Waals surface area (Å²) in [5.41, 5.74) is 2.52. The highest BCUT2D eigenvalue weighted by Crippen LogP contribution is 2.20. The smallest absolute Gasteiger partial charge is 0.228 e. The number of H-pyrrole nitrogens is 1. The fraction of sp³-hybridized carbons (Fsp3) is 0.0588. The lowest BCUT2D eigenvalue weighted by atomic mass is 10.1. The third-order valence-electron chi connectivity index (χ3n) is 3.36. The Morgan fingerprint density at radius 3 is 2.95 bits per heavy atom. The van der Waals surface area contributed by atoms with Crippen molar-refractivity contribution < 1.29 is 9.18 Å². The van der Waals surface area contributed by atoms with Crippen LogP contribution in [0.5, 0.6) is 0 Å². The number of rotatable bonds is 3. The second-order valence-corrected chi connectivity index (χ2v) is 4.92. The number of hydrogen-bond acceptors (Lipinski definition) is 2. The van der Waals surface area contributed by atoms with Gasteiger partial charge in [-0.3, -0.25) is 4.79 Å². The van der Waals surface area contributed by atoms with E-state index in [9.17, 15) is 9.18 Å². The number of benzene rings is 2. The van der Waals surface area contributed by atoms with Crippen LogP contribution in [0.3, 0.4) is 0 Å². The van der Waals surface area contributed by atoms with Gasteiger partial charge in [-0.05, 0) is 42.0 Å². The van der Waals surface area contributed by atoms with E-state index >= 15 is 0 Å². The largest absolute Gasteiger partial charge is 0.361 e. The number of halogens is 1. The fourth-order valence-corrected chi connectivity index (χ4v) is 2.35. The van der Waals surface area contributed by atoms with Gasteiger partial charge in [0.05, 0.1) is 18.1 Å². The van der Waals surface area contributed by atoms with E-state index in [-0.39, 0.29) is 18.1 Å². The maximum absolute atomic E-state index is 13.1. The van der Waals surface area contributed by atoms with E-state index in [0.717, 1.165) is 10.9 Å². The molecule has 5 heteroatoms. The van der Waals surface area contributed by atoms with Crippen molar-refractivity contribution in [2.75, 3.05) is 5.32 Å². The number of aromatic amines is 1. The number of nitriles is 1. The number of nitrogens with zero attached hydrogens (tertiary/aromatic N) is 1. The van der Waals surface area contributed by atoms with E-state index in [2.05, 4.69) is 10.3 Å². The topological polar surface area (TPSA) is 68.7 Å². The average molecular weight is 293 g/mol. The maximum atomic E-state index is 13.1. The van der Waals surface area contributed by atoms with Gasteiger partial charge in [0.15, 0.2) is 0 Å². The van der Waals surface area contributed by atoms with Gasteiger partial charge in [-0.1, -0.05) is 6.07 Å². The molecular formula is C17H12FN3O. The predicted molar refractivity (Wildman–Crippen MR) is 81.7 cm³/mol. The van der Waals surface area contributed by atoms with Gasteiger partial charge in [-0.2, -0.15) is 5.26 Å². The van der Waals surface area contributed by atoms with Crippen LogP contribution in [0.2, 0.25) is 0 Å². The third-order valence-corrected chi connectivity index (χ3v) is 3.36. The van der Waals surface area contributed by atoms with Gasteiger partial charge >= 0.3 is 0 Å². The van der Waals surface area contributed by atoms with Crippen LogP contribution in [0.15, 0.2) is 48.7 Å². The van der Waals surface area contributed by atoms with Gasteiger partial charge in [0, 0.05) is 22.8 Å². The Bertz CT molecular complexity index is 892. The summed E-state index contributed by atoms with van der Waals surface area (Å²) in [6.07, 6.45) is 1.87. The fourth-order valence-electron chi connectivity index (χ4n) is 2.35. The van der Waals surface area contributed by atoms with Crippen LogP contribution in [0.1, 0.15) is 11.1 Å². The average Bonchev–Trinajstić information content (AvgIpc) is 2.89. The van der Waals surface area contributed by atoms with Crippen LogP contribution in [-0.4, -0.2) is 10.9 Å². The first-order valence-electron chi connectivity index (χ1n) is 6.71. The van der Waals surface area contributed by atoms with E-state index in [0.29, 0.717) is 16.8 Å². The number of fused-ring (bicyclic) bond motifs is 1. The lowest BCUT2D eigenvalue weighted by Gasteiger charge is -2.05. The molecule has 0 aliphatic rings. The zero-order valence-corrected chi connectivity index (χ0v) is 11.6. The number of hydrogen-bond donors (Lipinski definition) is 2. The summed E-state index contributed by atoms with van der Waals surface area (Å²) in [5.74, 6) is -0.515.